The van der Waals surface area contributed by atoms with Gasteiger partial charge in [-0.2, -0.15) is 0 Å². The highest BCUT2D eigenvalue weighted by Crippen LogP contribution is 2.46. The minimum absolute atomic E-state index is 0.0466. The third kappa shape index (κ3) is 5.30. The number of nitrogens with one attached hydrogen (secondary N) is 1. The van der Waals surface area contributed by atoms with Gasteiger partial charge >= 0.3 is 6.36 Å². The van der Waals surface area contributed by atoms with Crippen LogP contribution in [0, 0.1) is 0 Å². The Hall–Kier alpha value is -3.64. The lowest BCUT2D eigenvalue weighted by Crippen LogP contribution is -2.46. The van der Waals surface area contributed by atoms with Gasteiger partial charge in [0.1, 0.15) is 23.0 Å². The summed E-state index contributed by atoms with van der Waals surface area (Å²) >= 11 is 0. The molecular weight excluding hydrogens is 517 g/mol. The molecule has 0 spiro atoms. The summed E-state index contributed by atoms with van der Waals surface area (Å²) in [6.07, 6.45) is 1.95. The molecule has 12 heteroatoms. The summed E-state index contributed by atoms with van der Waals surface area (Å²) in [5.41, 5.74) is 3.07. The third-order valence-electron chi connectivity index (χ3n) is 7.66. The van der Waals surface area contributed by atoms with Crippen molar-refractivity contribution in [2.24, 2.45) is 0 Å². The van der Waals surface area contributed by atoms with Gasteiger partial charge in [-0.15, -0.1) is 13.2 Å². The summed E-state index contributed by atoms with van der Waals surface area (Å²) in [7, 11) is 0. The second-order valence-corrected chi connectivity index (χ2v) is 10.2. The maximum atomic E-state index is 13.1. The Morgan fingerprint density at radius 2 is 1.85 bits per heavy atom. The number of anilines is 1. The zero-order valence-corrected chi connectivity index (χ0v) is 20.9. The number of ether oxygens (including phenoxy) is 2. The van der Waals surface area contributed by atoms with E-state index < -0.39 is 12.3 Å². The maximum absolute atomic E-state index is 13.1. The number of carbonyl (C=O) groups is 1. The van der Waals surface area contributed by atoms with E-state index in [1.165, 1.54) is 18.3 Å². The van der Waals surface area contributed by atoms with Gasteiger partial charge in [0, 0.05) is 35.3 Å². The van der Waals surface area contributed by atoms with Crippen LogP contribution in [0.15, 0.2) is 47.1 Å². The number of aromatic nitrogens is 2. The van der Waals surface area contributed by atoms with E-state index in [0.29, 0.717) is 17.0 Å². The number of para-hydroxylation sites is 1. The number of amides is 1. The zero-order chi connectivity index (χ0) is 27.1. The van der Waals surface area contributed by atoms with Crippen LogP contribution in [0.5, 0.6) is 5.75 Å². The zero-order valence-electron chi connectivity index (χ0n) is 20.9. The summed E-state index contributed by atoms with van der Waals surface area (Å²) in [6.45, 7) is 0.179. The van der Waals surface area contributed by atoms with Gasteiger partial charge in [0.05, 0.1) is 18.3 Å². The van der Waals surface area contributed by atoms with E-state index in [2.05, 4.69) is 19.8 Å². The Morgan fingerprint density at radius 3 is 2.49 bits per heavy atom. The summed E-state index contributed by atoms with van der Waals surface area (Å²) in [6, 6.07) is 9.76. The van der Waals surface area contributed by atoms with Crippen molar-refractivity contribution in [2.45, 2.75) is 75.6 Å². The molecule has 206 valence electrons. The number of carbonyl (C=O) groups excluding carboxylic acids is 1. The molecule has 4 heterocycles. The van der Waals surface area contributed by atoms with E-state index in [1.807, 2.05) is 0 Å². The van der Waals surface area contributed by atoms with Crippen molar-refractivity contribution in [1.29, 1.82) is 0 Å². The molecule has 3 aliphatic rings. The molecule has 6 rings (SSSR count). The van der Waals surface area contributed by atoms with Crippen molar-refractivity contribution >= 4 is 11.7 Å². The minimum atomic E-state index is -4.83. The van der Waals surface area contributed by atoms with Gasteiger partial charge < -0.3 is 18.9 Å². The normalized spacial score (nSPS) is 22.7. The Labute approximate surface area is 221 Å². The molecule has 2 aliphatic heterocycles. The van der Waals surface area contributed by atoms with E-state index in [4.69, 9.17) is 14.5 Å². The smallest absolute Gasteiger partial charge is 0.405 e. The molecule has 2 unspecified atom stereocenters. The first-order valence-corrected chi connectivity index (χ1v) is 12.9. The third-order valence-corrected chi connectivity index (χ3v) is 7.66. The van der Waals surface area contributed by atoms with Gasteiger partial charge in [-0.1, -0.05) is 17.3 Å². The van der Waals surface area contributed by atoms with Crippen LogP contribution in [0.3, 0.4) is 0 Å². The van der Waals surface area contributed by atoms with E-state index in [-0.39, 0.29) is 47.6 Å². The molecular formula is C27H27F3N4O5. The number of alkyl halides is 3. The molecule has 0 radical (unpaired) electrons. The molecule has 2 saturated heterocycles. The fourth-order valence-electron chi connectivity index (χ4n) is 5.79. The van der Waals surface area contributed by atoms with Crippen molar-refractivity contribution in [3.05, 3.63) is 59.5 Å². The average molecular weight is 545 g/mol. The first kappa shape index (κ1) is 25.6. The van der Waals surface area contributed by atoms with E-state index in [1.54, 1.807) is 29.7 Å². The number of halogens is 3. The fourth-order valence-corrected chi connectivity index (χ4v) is 5.79. The van der Waals surface area contributed by atoms with Gasteiger partial charge in [-0.05, 0) is 62.8 Å². The molecule has 2 aromatic heterocycles. The van der Waals surface area contributed by atoms with Crippen molar-refractivity contribution in [3.63, 3.8) is 0 Å². The molecule has 3 fully saturated rings. The van der Waals surface area contributed by atoms with Crippen LogP contribution in [0.25, 0.3) is 11.3 Å². The molecule has 2 bridgehead atoms. The monoisotopic (exact) mass is 544 g/mol. The highest BCUT2D eigenvalue weighted by Gasteiger charge is 2.42. The lowest BCUT2D eigenvalue weighted by molar-refractivity contribution is -0.274. The number of benzene rings is 1. The Kier molecular flexibility index (Phi) is 6.67. The van der Waals surface area contributed by atoms with Crippen LogP contribution in [0.4, 0.5) is 19.0 Å². The average Bonchev–Trinajstić information content (AvgIpc) is 3.62. The molecule has 1 amide bonds. The number of hydrogen-bond acceptors (Lipinski definition) is 8. The van der Waals surface area contributed by atoms with Gasteiger partial charge in [0.2, 0.25) is 0 Å². The highest BCUT2D eigenvalue weighted by molar-refractivity contribution is 5.93. The van der Waals surface area contributed by atoms with Gasteiger partial charge in [0.15, 0.2) is 0 Å². The summed E-state index contributed by atoms with van der Waals surface area (Å²) in [5.74, 6) is 0.691. The number of pyridine rings is 1. The van der Waals surface area contributed by atoms with Crippen molar-refractivity contribution < 1.29 is 37.2 Å². The second-order valence-electron chi connectivity index (χ2n) is 10.2. The first-order chi connectivity index (χ1) is 18.8. The summed E-state index contributed by atoms with van der Waals surface area (Å²) < 4.78 is 55.4. The van der Waals surface area contributed by atoms with Crippen LogP contribution in [0.1, 0.15) is 66.1 Å². The van der Waals surface area contributed by atoms with Gasteiger partial charge in [-0.25, -0.2) is 10.5 Å². The van der Waals surface area contributed by atoms with Crippen LogP contribution < -0.4 is 15.1 Å². The number of rotatable bonds is 8. The Morgan fingerprint density at radius 1 is 1.10 bits per heavy atom. The largest absolute Gasteiger partial charge is 0.573 e. The standard InChI is InChI=1S/C27H27F3N4O5/c28-27(29,30)38-22-4-2-1-3-20(22)24-21(25(39-33-24)15-5-6-15)14-37-19-11-17-8-9-18(12-19)34(17)23-10-7-16(13-31-23)26(35)32-36/h1-4,7,10,13,15,17-19,36H,5-6,8-9,11-12,14H2,(H,32,35). The molecule has 2 N–H and O–H groups in total. The molecule has 9 nitrogen and oxygen atoms in total. The van der Waals surface area contributed by atoms with Crippen LogP contribution >= 0.6 is 0 Å². The van der Waals surface area contributed by atoms with Crippen molar-refractivity contribution in [1.82, 2.24) is 15.6 Å². The second kappa shape index (κ2) is 10.2. The van der Waals surface area contributed by atoms with Crippen molar-refractivity contribution in [2.75, 3.05) is 4.90 Å². The maximum Gasteiger partial charge on any atom is 0.573 e. The number of piperidine rings is 1. The quantitative estimate of drug-likeness (QED) is 0.289. The Balaban J connectivity index is 1.18. The number of fused-ring (bicyclic) bond motifs is 2. The van der Waals surface area contributed by atoms with Crippen LogP contribution in [0.2, 0.25) is 0 Å². The SMILES string of the molecule is O=C(NO)c1ccc(N2C3CCC2CC(OCc2c(-c4ccccc4OC(F)(F)F)noc2C2CC2)C3)nc1. The molecule has 39 heavy (non-hydrogen) atoms. The predicted octanol–water partition coefficient (Wildman–Crippen LogP) is 5.35. The number of hydrogen-bond donors (Lipinski definition) is 2. The number of nitrogens with zero attached hydrogens (tertiary/aromatic N) is 3. The predicted molar refractivity (Wildman–Crippen MR) is 131 cm³/mol. The molecule has 2 atom stereocenters. The van der Waals surface area contributed by atoms with Crippen LogP contribution in [-0.2, 0) is 11.3 Å². The van der Waals surface area contributed by atoms with Crippen LogP contribution in [-0.4, -0.2) is 45.8 Å². The highest BCUT2D eigenvalue weighted by atomic mass is 19.4. The fraction of sp³-hybridized carbons (Fsp3) is 0.444. The van der Waals surface area contributed by atoms with E-state index in [0.717, 1.165) is 44.3 Å². The van der Waals surface area contributed by atoms with Crippen molar-refractivity contribution in [3.8, 4) is 17.0 Å². The molecule has 1 aliphatic carbocycles. The Bertz CT molecular complexity index is 1330. The summed E-state index contributed by atoms with van der Waals surface area (Å²) in [5, 5.41) is 13.0. The molecule has 3 aromatic rings. The number of hydroxylamine groups is 1. The van der Waals surface area contributed by atoms with Gasteiger partial charge in [-0.3, -0.25) is 10.0 Å². The lowest BCUT2D eigenvalue weighted by atomic mass is 9.99. The minimum Gasteiger partial charge on any atom is -0.405 e. The summed E-state index contributed by atoms with van der Waals surface area (Å²) in [4.78, 5) is 18.3. The van der Waals surface area contributed by atoms with E-state index in [9.17, 15) is 18.0 Å². The molecule has 1 saturated carbocycles. The first-order valence-electron chi connectivity index (χ1n) is 12.9. The van der Waals surface area contributed by atoms with Gasteiger partial charge in [0.25, 0.3) is 5.91 Å². The topological polar surface area (TPSA) is 110 Å². The molecule has 1 aromatic carbocycles. The van der Waals surface area contributed by atoms with E-state index >= 15 is 0 Å². The lowest BCUT2D eigenvalue weighted by Gasteiger charge is -2.39.